The van der Waals surface area contributed by atoms with E-state index in [4.69, 9.17) is 28.9 Å². The second kappa shape index (κ2) is 16.4. The molecule has 0 amide bonds. The Morgan fingerprint density at radius 2 is 1.04 bits per heavy atom. The van der Waals surface area contributed by atoms with E-state index < -0.39 is 11.9 Å². The molecule has 12 nitrogen and oxygen atoms in total. The number of carbonyl (C=O) groups is 2. The number of hydrogen-bond donors (Lipinski definition) is 2. The lowest BCUT2D eigenvalue weighted by Gasteiger charge is -2.30. The van der Waals surface area contributed by atoms with Crippen LogP contribution in [0.5, 0.6) is 0 Å². The second-order valence-electron chi connectivity index (χ2n) is 11.0. The van der Waals surface area contributed by atoms with Gasteiger partial charge in [-0.1, -0.05) is 46.7 Å². The predicted octanol–water partition coefficient (Wildman–Crippen LogP) is 5.58. The Bertz CT molecular complexity index is 1460. The van der Waals surface area contributed by atoms with Crippen LogP contribution < -0.4 is 10.6 Å². The molecule has 0 atom stereocenters. The molecule has 0 radical (unpaired) electrons. The van der Waals surface area contributed by atoms with Crippen LogP contribution in [0.2, 0.25) is 0 Å². The van der Waals surface area contributed by atoms with Crippen LogP contribution in [0.3, 0.4) is 0 Å². The normalized spacial score (nSPS) is 15.7. The first-order valence-electron chi connectivity index (χ1n) is 15.9. The van der Waals surface area contributed by atoms with Crippen LogP contribution in [0, 0.1) is 13.8 Å². The van der Waals surface area contributed by atoms with Gasteiger partial charge in [0.2, 0.25) is 11.9 Å². The van der Waals surface area contributed by atoms with E-state index in [2.05, 4.69) is 20.4 Å². The second-order valence-corrected chi connectivity index (χ2v) is 11.9. The zero-order chi connectivity index (χ0) is 33.2. The number of aliphatic imine (C=N–C) groups is 2. The molecule has 2 N–H and O–H groups in total. The van der Waals surface area contributed by atoms with Crippen molar-refractivity contribution in [3.05, 3.63) is 70.8 Å². The van der Waals surface area contributed by atoms with Gasteiger partial charge in [0, 0.05) is 37.6 Å². The number of guanidine groups is 2. The maximum Gasteiger partial charge on any atom is 0.342 e. The van der Waals surface area contributed by atoms with Crippen molar-refractivity contribution in [2.24, 2.45) is 9.98 Å². The van der Waals surface area contributed by atoms with Crippen LogP contribution in [0.1, 0.15) is 45.7 Å². The number of anilines is 2. The summed E-state index contributed by atoms with van der Waals surface area (Å²) in [5.74, 6) is -0.326. The molecule has 2 saturated heterocycles. The highest BCUT2D eigenvalue weighted by Gasteiger charge is 2.32. The summed E-state index contributed by atoms with van der Waals surface area (Å²) >= 11 is 1.13. The number of hydrogen-bond acceptors (Lipinski definition) is 9. The summed E-state index contributed by atoms with van der Waals surface area (Å²) in [6.07, 6.45) is 0. The largest absolute Gasteiger partial charge is 0.462 e. The monoisotopic (exact) mass is 662 g/mol. The Balaban J connectivity index is 1.68. The number of morpholine rings is 2. The van der Waals surface area contributed by atoms with Crippen molar-refractivity contribution in [1.82, 2.24) is 9.80 Å². The minimum absolute atomic E-state index is 0.0159. The van der Waals surface area contributed by atoms with Gasteiger partial charge < -0.3 is 39.4 Å². The van der Waals surface area contributed by atoms with Crippen molar-refractivity contribution in [1.29, 1.82) is 0 Å². The average Bonchev–Trinajstić information content (AvgIpc) is 3.44. The Labute approximate surface area is 279 Å². The molecule has 1 aromatic heterocycles. The third kappa shape index (κ3) is 8.88. The average molecular weight is 663 g/mol. The highest BCUT2D eigenvalue weighted by molar-refractivity contribution is 7.20. The first kappa shape index (κ1) is 33.9. The van der Waals surface area contributed by atoms with E-state index in [1.807, 2.05) is 62.4 Å². The first-order chi connectivity index (χ1) is 22.9. The molecule has 0 aliphatic carbocycles. The number of carbonyl (C=O) groups excluding carboxylic acids is 2. The van der Waals surface area contributed by atoms with Crippen molar-refractivity contribution in [3.63, 3.8) is 0 Å². The maximum absolute atomic E-state index is 13.6. The zero-order valence-electron chi connectivity index (χ0n) is 27.3. The molecule has 0 spiro atoms. The predicted molar refractivity (Wildman–Crippen MR) is 185 cm³/mol. The SMILES string of the molecule is CCOC(=O)c1c(/N=C(/Nc2ccc(C)cc2)N2CCOCC2)sc(/N=C(\Nc2ccc(C)cc2)N2CCOCC2)c1C(=O)OCC. The topological polar surface area (TPSA) is 126 Å². The number of aryl methyl sites for hydroxylation is 2. The number of nitrogens with one attached hydrogen (secondary N) is 2. The Morgan fingerprint density at radius 1 is 0.681 bits per heavy atom. The molecule has 2 aromatic carbocycles. The lowest BCUT2D eigenvalue weighted by atomic mass is 10.1. The molecule has 0 bridgehead atoms. The van der Waals surface area contributed by atoms with Gasteiger partial charge in [0.25, 0.3) is 0 Å². The van der Waals surface area contributed by atoms with Crippen molar-refractivity contribution in [2.45, 2.75) is 27.7 Å². The van der Waals surface area contributed by atoms with E-state index in [-0.39, 0.29) is 34.3 Å². The van der Waals surface area contributed by atoms with Crippen LogP contribution in [-0.2, 0) is 18.9 Å². The summed E-state index contributed by atoms with van der Waals surface area (Å²) in [4.78, 5) is 41.4. The van der Waals surface area contributed by atoms with Gasteiger partial charge in [-0.25, -0.2) is 19.6 Å². The molecule has 2 aliphatic rings. The number of esters is 2. The molecule has 5 rings (SSSR count). The van der Waals surface area contributed by atoms with Gasteiger partial charge in [0.1, 0.15) is 21.1 Å². The number of rotatable bonds is 8. The molecule has 0 unspecified atom stereocenters. The quantitative estimate of drug-likeness (QED) is 0.179. The molecule has 2 aliphatic heterocycles. The molecule has 3 aromatic rings. The van der Waals surface area contributed by atoms with Crippen LogP contribution >= 0.6 is 11.3 Å². The van der Waals surface area contributed by atoms with Gasteiger partial charge in [-0.05, 0) is 52.0 Å². The lowest BCUT2D eigenvalue weighted by molar-refractivity contribution is 0.0481. The summed E-state index contributed by atoms with van der Waals surface area (Å²) in [6.45, 7) is 12.2. The van der Waals surface area contributed by atoms with Gasteiger partial charge >= 0.3 is 11.9 Å². The highest BCUT2D eigenvalue weighted by atomic mass is 32.1. The lowest BCUT2D eigenvalue weighted by Crippen LogP contribution is -2.44. The Morgan fingerprint density at radius 3 is 1.38 bits per heavy atom. The minimum Gasteiger partial charge on any atom is -0.462 e. The fourth-order valence-corrected chi connectivity index (χ4v) is 6.00. The zero-order valence-corrected chi connectivity index (χ0v) is 28.2. The smallest absolute Gasteiger partial charge is 0.342 e. The Hall–Kier alpha value is -4.46. The van der Waals surface area contributed by atoms with E-state index in [9.17, 15) is 9.59 Å². The van der Waals surface area contributed by atoms with Gasteiger partial charge in [-0.3, -0.25) is 0 Å². The van der Waals surface area contributed by atoms with E-state index in [0.717, 1.165) is 33.8 Å². The van der Waals surface area contributed by atoms with Crippen molar-refractivity contribution < 1.29 is 28.5 Å². The Kier molecular flexibility index (Phi) is 11.8. The summed E-state index contributed by atoms with van der Waals surface area (Å²) in [5.41, 5.74) is 3.94. The van der Waals surface area contributed by atoms with Crippen LogP contribution in [0.25, 0.3) is 0 Å². The molecule has 3 heterocycles. The maximum atomic E-state index is 13.6. The van der Waals surface area contributed by atoms with Gasteiger partial charge in [0.15, 0.2) is 0 Å². The molecule has 0 saturated carbocycles. The number of benzene rings is 2. The number of nitrogens with zero attached hydrogens (tertiary/aromatic N) is 4. The molecule has 47 heavy (non-hydrogen) atoms. The number of thiophene rings is 1. The van der Waals surface area contributed by atoms with E-state index in [0.29, 0.717) is 64.5 Å². The van der Waals surface area contributed by atoms with E-state index in [1.54, 1.807) is 13.8 Å². The summed E-state index contributed by atoms with van der Waals surface area (Å²) in [5, 5.41) is 7.41. The van der Waals surface area contributed by atoms with Crippen LogP contribution in [0.15, 0.2) is 58.5 Å². The van der Waals surface area contributed by atoms with Crippen LogP contribution in [-0.4, -0.2) is 99.5 Å². The van der Waals surface area contributed by atoms with Crippen molar-refractivity contribution >= 4 is 56.6 Å². The summed E-state index contributed by atoms with van der Waals surface area (Å²) < 4.78 is 22.2. The third-order valence-corrected chi connectivity index (χ3v) is 8.46. The fourth-order valence-electron chi connectivity index (χ4n) is 4.98. The molecule has 13 heteroatoms. The highest BCUT2D eigenvalue weighted by Crippen LogP contribution is 2.43. The standard InChI is InChI=1S/C34H42N6O6S/c1-5-45-31(41)27-28(32(42)46-6-2)30(38-34(40-17-21-44-22-18-40)36-26-13-9-24(4)10-14-26)47-29(27)37-33(39-15-19-43-20-16-39)35-25-11-7-23(3)8-12-25/h7-14H,5-6,15-22H2,1-4H3,(H,35,37)(H,36,38). The van der Waals surface area contributed by atoms with E-state index in [1.165, 1.54) is 0 Å². The van der Waals surface area contributed by atoms with Crippen molar-refractivity contribution in [2.75, 3.05) is 76.5 Å². The molecular formula is C34H42N6O6S. The van der Waals surface area contributed by atoms with Gasteiger partial charge in [0.05, 0.1) is 39.6 Å². The third-order valence-electron chi connectivity index (χ3n) is 7.48. The minimum atomic E-state index is -0.678. The number of ether oxygens (including phenoxy) is 4. The summed E-state index contributed by atoms with van der Waals surface area (Å²) in [7, 11) is 0. The fraction of sp³-hybridized carbons (Fsp3) is 0.412. The van der Waals surface area contributed by atoms with Crippen LogP contribution in [0.4, 0.5) is 21.4 Å². The van der Waals surface area contributed by atoms with E-state index >= 15 is 0 Å². The van der Waals surface area contributed by atoms with Gasteiger partial charge in [-0.2, -0.15) is 0 Å². The molecule has 250 valence electrons. The first-order valence-corrected chi connectivity index (χ1v) is 16.7. The summed E-state index contributed by atoms with van der Waals surface area (Å²) in [6, 6.07) is 15.9. The van der Waals surface area contributed by atoms with Crippen molar-refractivity contribution in [3.8, 4) is 0 Å². The molecular weight excluding hydrogens is 620 g/mol. The molecule has 2 fully saturated rings. The van der Waals surface area contributed by atoms with Gasteiger partial charge in [-0.15, -0.1) is 0 Å².